The largest absolute Gasteiger partial charge is 0.481 e. The molecule has 202 valence electrons. The number of carboxylic acid groups (broad SMARTS) is 1. The highest BCUT2D eigenvalue weighted by Crippen LogP contribution is 2.24. The van der Waals surface area contributed by atoms with Crippen molar-refractivity contribution in [2.75, 3.05) is 20.1 Å². The number of fused-ring (bicyclic) bond motifs is 1. The Hall–Kier alpha value is -4.91. The van der Waals surface area contributed by atoms with Crippen molar-refractivity contribution in [3.8, 4) is 23.1 Å². The van der Waals surface area contributed by atoms with Crippen LogP contribution in [0.25, 0.3) is 22.2 Å². The number of carbonyl (C=O) groups is 3. The Bertz CT molecular complexity index is 1570. The van der Waals surface area contributed by atoms with Crippen LogP contribution >= 0.6 is 0 Å². The number of carboxylic acids is 1. The number of aromatic nitrogens is 2. The zero-order valence-corrected chi connectivity index (χ0v) is 22.0. The Morgan fingerprint density at radius 3 is 2.23 bits per heavy atom. The number of rotatable bonds is 4. The predicted molar refractivity (Wildman–Crippen MR) is 152 cm³/mol. The van der Waals surface area contributed by atoms with E-state index >= 15 is 0 Å². The van der Waals surface area contributed by atoms with Crippen molar-refractivity contribution in [2.45, 2.75) is 12.8 Å². The number of nitrogens with one attached hydrogen (secondary N) is 1. The van der Waals surface area contributed by atoms with E-state index in [0.717, 1.165) is 48.9 Å². The van der Waals surface area contributed by atoms with Crippen LogP contribution in [0, 0.1) is 17.8 Å². The minimum atomic E-state index is -0.631. The summed E-state index contributed by atoms with van der Waals surface area (Å²) >= 11 is 0. The molecule has 1 aliphatic rings. The van der Waals surface area contributed by atoms with Gasteiger partial charge in [0.1, 0.15) is 6.29 Å². The van der Waals surface area contributed by atoms with Gasteiger partial charge in [0, 0.05) is 40.0 Å². The molecule has 0 spiro atoms. The van der Waals surface area contributed by atoms with Crippen LogP contribution in [0.4, 0.5) is 0 Å². The lowest BCUT2D eigenvalue weighted by Crippen LogP contribution is -2.33. The summed E-state index contributed by atoms with van der Waals surface area (Å²) in [6.45, 7) is 1.86. The van der Waals surface area contributed by atoms with E-state index in [1.165, 1.54) is 0 Å². The molecule has 9 nitrogen and oxygen atoms in total. The average molecular weight is 536 g/mol. The van der Waals surface area contributed by atoms with Gasteiger partial charge < -0.3 is 10.0 Å². The van der Waals surface area contributed by atoms with Gasteiger partial charge in [0.15, 0.2) is 0 Å². The molecule has 0 aliphatic carbocycles. The fourth-order valence-electron chi connectivity index (χ4n) is 4.25. The number of nitrogens with two attached hydrogens (primary N) is 1. The van der Waals surface area contributed by atoms with Gasteiger partial charge in [0.05, 0.1) is 22.7 Å². The van der Waals surface area contributed by atoms with Crippen LogP contribution in [0.15, 0.2) is 73.1 Å². The molecule has 9 heteroatoms. The third-order valence-electron chi connectivity index (χ3n) is 6.63. The number of piperidine rings is 1. The number of nitrogens with zero attached hydrogens (tertiary/aromatic N) is 3. The number of likely N-dealkylation sites (tertiary alicyclic amines) is 1. The number of amides is 1. The number of nitrogen functional groups attached to an aromatic ring is 1. The van der Waals surface area contributed by atoms with Crippen molar-refractivity contribution in [3.05, 3.63) is 95.3 Å². The first-order valence-electron chi connectivity index (χ1n) is 12.7. The van der Waals surface area contributed by atoms with Crippen molar-refractivity contribution in [2.24, 2.45) is 11.8 Å². The molecule has 0 bridgehead atoms. The highest BCUT2D eigenvalue weighted by Gasteiger charge is 2.22. The molecule has 0 unspecified atom stereocenters. The molecule has 5 rings (SSSR count). The maximum absolute atomic E-state index is 12.2. The molecule has 0 atom stereocenters. The second-order valence-electron chi connectivity index (χ2n) is 9.40. The van der Waals surface area contributed by atoms with E-state index in [-0.39, 0.29) is 5.92 Å². The lowest BCUT2D eigenvalue weighted by atomic mass is 9.98. The minimum Gasteiger partial charge on any atom is -0.481 e. The number of carbonyl (C=O) groups excluding carboxylic acids is 2. The summed E-state index contributed by atoms with van der Waals surface area (Å²) < 4.78 is 0. The van der Waals surface area contributed by atoms with E-state index in [4.69, 9.17) is 10.9 Å². The SMILES string of the molecule is CN1CCC(C(=O)O)CC1.NNC(=O)c1cc(-c2ccc(C#Cc3ccc(C=O)cc3)cc2)nc2ccncc12. The summed E-state index contributed by atoms with van der Waals surface area (Å²) in [5.74, 6) is 10.4. The molecule has 4 N–H and O–H groups in total. The summed E-state index contributed by atoms with van der Waals surface area (Å²) in [4.78, 5) is 44.2. The summed E-state index contributed by atoms with van der Waals surface area (Å²) in [7, 11) is 2.03. The van der Waals surface area contributed by atoms with Gasteiger partial charge in [-0.05, 0) is 69.4 Å². The quantitative estimate of drug-likeness (QED) is 0.119. The van der Waals surface area contributed by atoms with Crippen molar-refractivity contribution in [3.63, 3.8) is 0 Å². The first-order valence-corrected chi connectivity index (χ1v) is 12.7. The lowest BCUT2D eigenvalue weighted by Gasteiger charge is -2.25. The summed E-state index contributed by atoms with van der Waals surface area (Å²) in [6.07, 6.45) is 5.65. The van der Waals surface area contributed by atoms with E-state index in [9.17, 15) is 14.4 Å². The fourth-order valence-corrected chi connectivity index (χ4v) is 4.25. The Kier molecular flexibility index (Phi) is 9.31. The molecule has 2 aromatic carbocycles. The van der Waals surface area contributed by atoms with Crippen molar-refractivity contribution in [1.29, 1.82) is 0 Å². The molecule has 3 heterocycles. The summed E-state index contributed by atoms with van der Waals surface area (Å²) in [6, 6.07) is 18.1. The molecule has 4 aromatic rings. The molecule has 0 saturated carbocycles. The molecule has 1 saturated heterocycles. The second-order valence-corrected chi connectivity index (χ2v) is 9.40. The molecule has 40 heavy (non-hydrogen) atoms. The molecule has 2 aromatic heterocycles. The van der Waals surface area contributed by atoms with Gasteiger partial charge in [0.25, 0.3) is 5.91 Å². The Labute approximate surface area is 232 Å². The number of benzene rings is 2. The predicted octanol–water partition coefficient (Wildman–Crippen LogP) is 3.53. The van der Waals surface area contributed by atoms with Crippen LogP contribution in [-0.4, -0.2) is 58.3 Å². The molecular formula is C31H29N5O4. The maximum Gasteiger partial charge on any atom is 0.306 e. The smallest absolute Gasteiger partial charge is 0.306 e. The average Bonchev–Trinajstić information content (AvgIpc) is 3.00. The topological polar surface area (TPSA) is 139 Å². The summed E-state index contributed by atoms with van der Waals surface area (Å²) in [5.41, 5.74) is 7.01. The van der Waals surface area contributed by atoms with Crippen LogP contribution in [0.3, 0.4) is 0 Å². The highest BCUT2D eigenvalue weighted by atomic mass is 16.4. The van der Waals surface area contributed by atoms with Crippen LogP contribution in [0.2, 0.25) is 0 Å². The standard InChI is InChI=1S/C24H16N4O2.C7H13NO2/c25-28-24(30)20-13-23(27-22-11-12-26-14-21(20)22)19-9-7-17(8-10-19)2-1-16-3-5-18(15-29)6-4-16;1-8-4-2-6(3-5-8)7(9)10/h3-15H,25H2,(H,28,30);6H,2-5H2,1H3,(H,9,10). The van der Waals surface area contributed by atoms with Gasteiger partial charge in [-0.25, -0.2) is 10.8 Å². The van der Waals surface area contributed by atoms with Gasteiger partial charge in [0.2, 0.25) is 0 Å². The number of hydrogen-bond acceptors (Lipinski definition) is 7. The number of aldehydes is 1. The van der Waals surface area contributed by atoms with Gasteiger partial charge in [-0.3, -0.25) is 24.8 Å². The number of hydrogen-bond donors (Lipinski definition) is 3. The molecule has 0 radical (unpaired) electrons. The summed E-state index contributed by atoms with van der Waals surface area (Å²) in [5, 5.41) is 9.24. The number of pyridine rings is 2. The Morgan fingerprint density at radius 2 is 1.65 bits per heavy atom. The molecule has 1 aliphatic heterocycles. The first kappa shape index (κ1) is 28.1. The normalized spacial score (nSPS) is 13.3. The zero-order valence-electron chi connectivity index (χ0n) is 22.0. The fraction of sp³-hybridized carbons (Fsp3) is 0.194. The van der Waals surface area contributed by atoms with Gasteiger partial charge >= 0.3 is 5.97 Å². The molecular weight excluding hydrogens is 506 g/mol. The third-order valence-corrected chi connectivity index (χ3v) is 6.63. The van der Waals surface area contributed by atoms with Crippen LogP contribution < -0.4 is 11.3 Å². The van der Waals surface area contributed by atoms with E-state index in [0.29, 0.717) is 27.7 Å². The lowest BCUT2D eigenvalue weighted by molar-refractivity contribution is -0.143. The van der Waals surface area contributed by atoms with E-state index in [2.05, 4.69) is 32.1 Å². The first-order chi connectivity index (χ1) is 19.4. The van der Waals surface area contributed by atoms with Crippen LogP contribution in [0.1, 0.15) is 44.7 Å². The Balaban J connectivity index is 0.000000312. The molecule has 1 fully saturated rings. The number of hydrazine groups is 1. The minimum absolute atomic E-state index is 0.0869. The van der Waals surface area contributed by atoms with Crippen LogP contribution in [0.5, 0.6) is 0 Å². The molecule has 1 amide bonds. The maximum atomic E-state index is 12.2. The van der Waals surface area contributed by atoms with E-state index < -0.39 is 11.9 Å². The Morgan fingerprint density at radius 1 is 1.02 bits per heavy atom. The van der Waals surface area contributed by atoms with Crippen molar-refractivity contribution in [1.82, 2.24) is 20.3 Å². The second kappa shape index (κ2) is 13.2. The zero-order chi connectivity index (χ0) is 28.5. The monoisotopic (exact) mass is 535 g/mol. The number of aliphatic carboxylic acids is 1. The van der Waals surface area contributed by atoms with Crippen molar-refractivity contribution >= 4 is 29.1 Å². The van der Waals surface area contributed by atoms with E-state index in [1.54, 1.807) is 36.7 Å². The third kappa shape index (κ3) is 7.14. The highest BCUT2D eigenvalue weighted by molar-refractivity contribution is 6.06. The van der Waals surface area contributed by atoms with E-state index in [1.807, 2.05) is 43.4 Å². The van der Waals surface area contributed by atoms with Crippen LogP contribution in [-0.2, 0) is 4.79 Å². The van der Waals surface area contributed by atoms with Crippen molar-refractivity contribution < 1.29 is 19.5 Å². The van der Waals surface area contributed by atoms with Gasteiger partial charge in [-0.1, -0.05) is 36.1 Å². The van der Waals surface area contributed by atoms with Gasteiger partial charge in [-0.2, -0.15) is 0 Å². The van der Waals surface area contributed by atoms with Gasteiger partial charge in [-0.15, -0.1) is 0 Å².